The molecule has 4 rings (SSSR count). The molecule has 0 saturated carbocycles. The van der Waals surface area contributed by atoms with Crippen LogP contribution in [0, 0.1) is 0 Å². The largest absolute Gasteiger partial charge is 0.340 e. The van der Waals surface area contributed by atoms with Crippen molar-refractivity contribution in [1.29, 1.82) is 0 Å². The van der Waals surface area contributed by atoms with E-state index in [0.717, 1.165) is 21.2 Å². The van der Waals surface area contributed by atoms with E-state index in [9.17, 15) is 14.4 Å². The summed E-state index contributed by atoms with van der Waals surface area (Å²) in [6, 6.07) is 25.3. The van der Waals surface area contributed by atoms with E-state index in [-0.39, 0.29) is 30.4 Å². The molecule has 1 heterocycles. The maximum absolute atomic E-state index is 12.9. The summed E-state index contributed by atoms with van der Waals surface area (Å²) in [6.45, 7) is 2.04. The molecular weight excluding hydrogens is 492 g/mol. The Bertz CT molecular complexity index is 1160. The molecule has 1 fully saturated rings. The van der Waals surface area contributed by atoms with Crippen molar-refractivity contribution in [3.8, 4) is 11.1 Å². The maximum atomic E-state index is 12.9. The molecule has 5 nitrogen and oxygen atoms in total. The first-order chi connectivity index (χ1) is 16.5. The van der Waals surface area contributed by atoms with Gasteiger partial charge in [-0.3, -0.25) is 14.4 Å². The zero-order valence-corrected chi connectivity index (χ0v) is 20.5. The van der Waals surface area contributed by atoms with Gasteiger partial charge in [0.15, 0.2) is 0 Å². The Kier molecular flexibility index (Phi) is 7.91. The van der Waals surface area contributed by atoms with Crippen LogP contribution >= 0.6 is 15.9 Å². The molecule has 0 bridgehead atoms. The molecular formula is C28H27BrN2O3. The van der Waals surface area contributed by atoms with E-state index in [1.54, 1.807) is 15.9 Å². The summed E-state index contributed by atoms with van der Waals surface area (Å²) in [6.07, 6.45) is 0.816. The van der Waals surface area contributed by atoms with Gasteiger partial charge in [0, 0.05) is 37.1 Å². The van der Waals surface area contributed by atoms with Crippen LogP contribution in [0.25, 0.3) is 11.1 Å². The van der Waals surface area contributed by atoms with Gasteiger partial charge in [0.25, 0.3) is 5.91 Å². The van der Waals surface area contributed by atoms with Crippen LogP contribution in [0.15, 0.2) is 83.3 Å². The number of ketones is 1. The second-order valence-electron chi connectivity index (χ2n) is 8.46. The summed E-state index contributed by atoms with van der Waals surface area (Å²) in [4.78, 5) is 41.7. The number of benzene rings is 3. The van der Waals surface area contributed by atoms with Crippen molar-refractivity contribution in [2.24, 2.45) is 0 Å². The number of nitrogens with zero attached hydrogens (tertiary/aromatic N) is 2. The van der Waals surface area contributed by atoms with Crippen LogP contribution in [-0.2, 0) is 16.0 Å². The van der Waals surface area contributed by atoms with Crippen molar-refractivity contribution in [2.75, 3.05) is 26.2 Å². The number of carbonyl (C=O) groups excluding carboxylic acids is 3. The third kappa shape index (κ3) is 6.00. The van der Waals surface area contributed by atoms with Crippen molar-refractivity contribution >= 4 is 33.5 Å². The number of hydrogen-bond acceptors (Lipinski definition) is 3. The van der Waals surface area contributed by atoms with Crippen LogP contribution in [-0.4, -0.2) is 53.6 Å². The molecule has 1 aliphatic heterocycles. The number of amides is 2. The Morgan fingerprint density at radius 2 is 1.32 bits per heavy atom. The van der Waals surface area contributed by atoms with Crippen molar-refractivity contribution in [2.45, 2.75) is 19.3 Å². The predicted octanol–water partition coefficient (Wildman–Crippen LogP) is 4.99. The lowest BCUT2D eigenvalue weighted by molar-refractivity contribution is -0.135. The van der Waals surface area contributed by atoms with E-state index in [0.29, 0.717) is 38.2 Å². The lowest BCUT2D eigenvalue weighted by Gasteiger charge is -2.22. The minimum absolute atomic E-state index is 0.0446. The third-order valence-electron chi connectivity index (χ3n) is 6.05. The molecule has 1 saturated heterocycles. The summed E-state index contributed by atoms with van der Waals surface area (Å²) in [5, 5.41) is 0. The molecule has 2 amide bonds. The fraction of sp³-hybridized carbons (Fsp3) is 0.250. The van der Waals surface area contributed by atoms with Crippen LogP contribution in [0.3, 0.4) is 0 Å². The number of halogens is 1. The van der Waals surface area contributed by atoms with Crippen LogP contribution in [0.1, 0.15) is 28.8 Å². The Balaban J connectivity index is 1.29. The molecule has 0 radical (unpaired) electrons. The van der Waals surface area contributed by atoms with E-state index in [4.69, 9.17) is 0 Å². The zero-order valence-electron chi connectivity index (χ0n) is 19.0. The van der Waals surface area contributed by atoms with Gasteiger partial charge in [0.1, 0.15) is 5.78 Å². The molecule has 1 aliphatic rings. The highest BCUT2D eigenvalue weighted by atomic mass is 79.9. The lowest BCUT2D eigenvalue weighted by atomic mass is 10.0. The van der Waals surface area contributed by atoms with Crippen LogP contribution in [0.4, 0.5) is 0 Å². The van der Waals surface area contributed by atoms with Gasteiger partial charge in [0.05, 0.1) is 12.0 Å². The van der Waals surface area contributed by atoms with Gasteiger partial charge in [-0.15, -0.1) is 0 Å². The van der Waals surface area contributed by atoms with E-state index in [1.165, 1.54) is 0 Å². The van der Waals surface area contributed by atoms with Crippen LogP contribution in [0.2, 0.25) is 0 Å². The minimum atomic E-state index is -0.166. The first-order valence-electron chi connectivity index (χ1n) is 11.5. The molecule has 3 aromatic rings. The standard InChI is InChI=1S/C28H27BrN2O3/c29-26-10-5-4-9-25(26)28(34)31-16-6-15-30(17-18-31)27(33)20-24(32)19-21-11-13-23(14-12-21)22-7-2-1-3-8-22/h1-5,7-14H,6,15-20H2. The van der Waals surface area contributed by atoms with Crippen molar-refractivity contribution in [3.05, 3.63) is 94.5 Å². The highest BCUT2D eigenvalue weighted by molar-refractivity contribution is 9.10. The second-order valence-corrected chi connectivity index (χ2v) is 9.32. The summed E-state index contributed by atoms with van der Waals surface area (Å²) < 4.78 is 0.763. The Morgan fingerprint density at radius 1 is 0.706 bits per heavy atom. The topological polar surface area (TPSA) is 57.7 Å². The molecule has 3 aromatic carbocycles. The van der Waals surface area contributed by atoms with Gasteiger partial charge in [-0.05, 0) is 51.2 Å². The van der Waals surface area contributed by atoms with E-state index < -0.39 is 0 Å². The fourth-order valence-corrected chi connectivity index (χ4v) is 4.65. The van der Waals surface area contributed by atoms with E-state index in [1.807, 2.05) is 72.8 Å². The monoisotopic (exact) mass is 518 g/mol. The van der Waals surface area contributed by atoms with Crippen molar-refractivity contribution < 1.29 is 14.4 Å². The van der Waals surface area contributed by atoms with Gasteiger partial charge in [-0.25, -0.2) is 0 Å². The number of Topliss-reactive ketones (excluding diaryl/α,β-unsaturated/α-hetero) is 1. The first-order valence-corrected chi connectivity index (χ1v) is 12.3. The lowest BCUT2D eigenvalue weighted by Crippen LogP contribution is -2.38. The number of hydrogen-bond donors (Lipinski definition) is 0. The smallest absolute Gasteiger partial charge is 0.255 e. The highest BCUT2D eigenvalue weighted by Gasteiger charge is 2.24. The molecule has 6 heteroatoms. The summed E-state index contributed by atoms with van der Waals surface area (Å²) in [5.74, 6) is -0.305. The molecule has 0 aliphatic carbocycles. The van der Waals surface area contributed by atoms with Crippen molar-refractivity contribution in [1.82, 2.24) is 9.80 Å². The van der Waals surface area contributed by atoms with E-state index >= 15 is 0 Å². The fourth-order valence-electron chi connectivity index (χ4n) is 4.19. The molecule has 0 N–H and O–H groups in total. The molecule has 0 aromatic heterocycles. The average molecular weight is 519 g/mol. The Labute approximate surface area is 208 Å². The van der Waals surface area contributed by atoms with Crippen LogP contribution in [0.5, 0.6) is 0 Å². The van der Waals surface area contributed by atoms with Gasteiger partial charge in [0.2, 0.25) is 5.91 Å². The summed E-state index contributed by atoms with van der Waals surface area (Å²) >= 11 is 3.44. The van der Waals surface area contributed by atoms with Gasteiger partial charge >= 0.3 is 0 Å². The molecule has 0 unspecified atom stereocenters. The quantitative estimate of drug-likeness (QED) is 0.431. The normalized spacial score (nSPS) is 13.9. The van der Waals surface area contributed by atoms with Gasteiger partial charge < -0.3 is 9.80 Å². The minimum Gasteiger partial charge on any atom is -0.340 e. The molecule has 34 heavy (non-hydrogen) atoms. The highest BCUT2D eigenvalue weighted by Crippen LogP contribution is 2.21. The first kappa shape index (κ1) is 23.9. The van der Waals surface area contributed by atoms with E-state index in [2.05, 4.69) is 15.9 Å². The Hall–Kier alpha value is -3.25. The van der Waals surface area contributed by atoms with Crippen LogP contribution < -0.4 is 0 Å². The SMILES string of the molecule is O=C(CC(=O)N1CCCN(C(=O)c2ccccc2Br)CC1)Cc1ccc(-c2ccccc2)cc1. The predicted molar refractivity (Wildman–Crippen MR) is 136 cm³/mol. The molecule has 174 valence electrons. The average Bonchev–Trinajstić information content (AvgIpc) is 3.11. The molecule has 0 atom stereocenters. The van der Waals surface area contributed by atoms with Gasteiger partial charge in [-0.1, -0.05) is 66.7 Å². The summed E-state index contributed by atoms with van der Waals surface area (Å²) in [7, 11) is 0. The zero-order chi connectivity index (χ0) is 23.9. The van der Waals surface area contributed by atoms with Gasteiger partial charge in [-0.2, -0.15) is 0 Å². The maximum Gasteiger partial charge on any atom is 0.255 e. The third-order valence-corrected chi connectivity index (χ3v) is 6.74. The Morgan fingerprint density at radius 3 is 2.06 bits per heavy atom. The molecule has 0 spiro atoms. The number of carbonyl (C=O) groups is 3. The second kappa shape index (κ2) is 11.3. The summed E-state index contributed by atoms with van der Waals surface area (Å²) in [5.41, 5.74) is 3.75. The van der Waals surface area contributed by atoms with Crippen molar-refractivity contribution in [3.63, 3.8) is 0 Å². The number of rotatable bonds is 6.